The van der Waals surface area contributed by atoms with Gasteiger partial charge >= 0.3 is 0 Å². The largest absolute Gasteiger partial charge is 0.180 e. The lowest BCUT2D eigenvalue weighted by Gasteiger charge is -2.35. The molecule has 3 aromatic carbocycles. The molecule has 2 saturated carbocycles. The zero-order valence-electron chi connectivity index (χ0n) is 22.2. The van der Waals surface area contributed by atoms with Gasteiger partial charge in [-0.05, 0) is 48.2 Å². The van der Waals surface area contributed by atoms with Crippen LogP contribution in [-0.4, -0.2) is 9.63 Å². The Labute approximate surface area is 300 Å². The van der Waals surface area contributed by atoms with Crippen LogP contribution in [0, 0.1) is 11.8 Å². The van der Waals surface area contributed by atoms with Gasteiger partial charge in [-0.3, -0.25) is 0 Å². The first kappa shape index (κ1) is 41.9. The van der Waals surface area contributed by atoms with Crippen molar-refractivity contribution in [2.45, 2.75) is 55.7 Å². The molecule has 11 heteroatoms. The Balaban J connectivity index is 0.000000487. The highest BCUT2D eigenvalue weighted by Gasteiger charge is 2.26. The molecule has 0 N–H and O–H groups in total. The molecule has 0 unspecified atom stereocenters. The van der Waals surface area contributed by atoms with Gasteiger partial charge in [-0.25, -0.2) is 0 Å². The topological polar surface area (TPSA) is 0 Å². The number of hydrogen-bond donors (Lipinski definition) is 0. The van der Waals surface area contributed by atoms with E-state index in [-0.39, 0.29) is 5.34 Å². The molecule has 230 valence electrons. The predicted molar refractivity (Wildman–Crippen MR) is 191 cm³/mol. The maximum atomic E-state index is 5.61. The molecule has 0 amide bonds. The molecule has 0 heterocycles. The summed E-state index contributed by atoms with van der Waals surface area (Å²) in [5.41, 5.74) is 0. The average molecular weight is 784 g/mol. The quantitative estimate of drug-likeness (QED) is 0.157. The molecule has 0 bridgehead atoms. The summed E-state index contributed by atoms with van der Waals surface area (Å²) >= 11 is 57.4. The Morgan fingerprint density at radius 2 is 0.780 bits per heavy atom. The predicted octanol–water partition coefficient (Wildman–Crippen LogP) is 15.8. The fourth-order valence-electron chi connectivity index (χ4n) is 4.19. The minimum atomic E-state index is -0.750. The van der Waals surface area contributed by atoms with E-state index in [1.54, 1.807) is 56.0 Å². The van der Waals surface area contributed by atoms with Crippen LogP contribution in [0.4, 0.5) is 0 Å². The molecule has 0 saturated heterocycles. The van der Waals surface area contributed by atoms with E-state index in [1.165, 1.54) is 25.7 Å². The molecule has 0 spiro atoms. The standard InChI is InChI=1S/C10H18.C6H3Cl3.C6H4Cl2.C6H5Cl.CHCl3.CH2Cl2/c1-2-6-10-8-4-3-7-9(10)5-1;7-4-2-1-3-5(8)6(4)9;7-5-3-1-2-4-6(5)8;7-6-4-2-1-3-5-6;2-1(3)4;2-1-3/h9-10H,1-8H2;1-3H;1-4H;1-5H;1H;1H2. The second-order valence-electron chi connectivity index (χ2n) is 8.68. The SMILES string of the molecule is C1CCC2CCCCC2C1.ClC(Cl)Cl.ClCCl.Clc1cccc(Cl)c1Cl.Clc1ccccc1.Clc1ccccc1Cl. The summed E-state index contributed by atoms with van der Waals surface area (Å²) in [6.07, 6.45) is 12.4. The molecule has 0 aliphatic heterocycles. The number of alkyl halides is 5. The van der Waals surface area contributed by atoms with Gasteiger partial charge in [0.1, 0.15) is 0 Å². The van der Waals surface area contributed by atoms with Gasteiger partial charge in [-0.15, -0.1) is 23.2 Å². The molecule has 3 aromatic rings. The number of benzene rings is 3. The third-order valence-corrected chi connectivity index (χ3v) is 8.17. The number of rotatable bonds is 0. The van der Waals surface area contributed by atoms with E-state index in [0.29, 0.717) is 25.1 Å². The van der Waals surface area contributed by atoms with Crippen LogP contribution in [-0.2, 0) is 0 Å². The summed E-state index contributed by atoms with van der Waals surface area (Å²) in [5, 5.41) is 3.60. The van der Waals surface area contributed by atoms with Gasteiger partial charge in [-0.2, -0.15) is 0 Å². The Kier molecular flexibility index (Phi) is 27.7. The van der Waals surface area contributed by atoms with Crippen LogP contribution in [0.5, 0.6) is 0 Å². The van der Waals surface area contributed by atoms with Crippen molar-refractivity contribution in [1.29, 1.82) is 0 Å². The van der Waals surface area contributed by atoms with Crippen LogP contribution < -0.4 is 0 Å². The van der Waals surface area contributed by atoms with E-state index in [1.807, 2.05) is 42.5 Å². The van der Waals surface area contributed by atoms with E-state index >= 15 is 0 Å². The van der Waals surface area contributed by atoms with Crippen molar-refractivity contribution in [2.24, 2.45) is 11.8 Å². The van der Waals surface area contributed by atoms with Crippen LogP contribution >= 0.6 is 128 Å². The van der Waals surface area contributed by atoms with Crippen LogP contribution in [0.2, 0.25) is 30.1 Å². The van der Waals surface area contributed by atoms with Crippen LogP contribution in [0.1, 0.15) is 51.4 Å². The normalized spacial score (nSPS) is 16.7. The third-order valence-electron chi connectivity index (χ3n) is 5.93. The number of hydrogen-bond acceptors (Lipinski definition) is 0. The number of halogens is 11. The Hall–Kier alpha value is 0.850. The van der Waals surface area contributed by atoms with E-state index < -0.39 is 4.30 Å². The van der Waals surface area contributed by atoms with Crippen molar-refractivity contribution in [1.82, 2.24) is 0 Å². The zero-order valence-corrected chi connectivity index (χ0v) is 30.5. The molecule has 41 heavy (non-hydrogen) atoms. The van der Waals surface area contributed by atoms with Gasteiger partial charge in [0.05, 0.1) is 30.5 Å². The summed E-state index contributed by atoms with van der Waals surface area (Å²) in [7, 11) is 0. The summed E-state index contributed by atoms with van der Waals surface area (Å²) < 4.78 is -0.750. The molecule has 0 nitrogen and oxygen atoms in total. The van der Waals surface area contributed by atoms with Gasteiger partial charge < -0.3 is 0 Å². The molecule has 2 aliphatic rings. The van der Waals surface area contributed by atoms with Gasteiger partial charge in [0.15, 0.2) is 4.30 Å². The van der Waals surface area contributed by atoms with Crippen LogP contribution in [0.15, 0.2) is 72.8 Å². The lowest BCUT2D eigenvalue weighted by atomic mass is 9.71. The molecule has 0 atom stereocenters. The molecular formula is C30H33Cl11. The van der Waals surface area contributed by atoms with Crippen molar-refractivity contribution in [3.8, 4) is 0 Å². The van der Waals surface area contributed by atoms with E-state index in [0.717, 1.165) is 16.9 Å². The third kappa shape index (κ3) is 22.9. The van der Waals surface area contributed by atoms with E-state index in [2.05, 4.69) is 0 Å². The van der Waals surface area contributed by atoms with Gasteiger partial charge in [0.2, 0.25) is 0 Å². The van der Waals surface area contributed by atoms with E-state index in [4.69, 9.17) is 128 Å². The second-order valence-corrected chi connectivity index (χ2v) is 13.9. The van der Waals surface area contributed by atoms with Crippen molar-refractivity contribution in [2.75, 3.05) is 5.34 Å². The summed E-state index contributed by atoms with van der Waals surface area (Å²) in [6, 6.07) is 21.8. The minimum Gasteiger partial charge on any atom is -0.109 e. The van der Waals surface area contributed by atoms with Gasteiger partial charge in [-0.1, -0.05) is 192 Å². The molecule has 2 fully saturated rings. The lowest BCUT2D eigenvalue weighted by molar-refractivity contribution is 0.171. The minimum absolute atomic E-state index is 0.194. The smallest absolute Gasteiger partial charge is 0.109 e. The number of fused-ring (bicyclic) bond motifs is 1. The first-order chi connectivity index (χ1) is 19.5. The van der Waals surface area contributed by atoms with Gasteiger partial charge in [0, 0.05) is 5.02 Å². The average Bonchev–Trinajstić information content (AvgIpc) is 2.95. The van der Waals surface area contributed by atoms with Gasteiger partial charge in [0.25, 0.3) is 0 Å². The lowest BCUT2D eigenvalue weighted by Crippen LogP contribution is -2.22. The van der Waals surface area contributed by atoms with Crippen molar-refractivity contribution < 1.29 is 0 Å². The van der Waals surface area contributed by atoms with Crippen molar-refractivity contribution in [3.63, 3.8) is 0 Å². The highest BCUT2D eigenvalue weighted by Crippen LogP contribution is 2.40. The Bertz CT molecular complexity index is 962. The first-order valence-electron chi connectivity index (χ1n) is 12.8. The zero-order chi connectivity index (χ0) is 31.0. The fraction of sp³-hybridized carbons (Fsp3) is 0.400. The highest BCUT2D eigenvalue weighted by atomic mass is 35.6. The Morgan fingerprint density at radius 1 is 0.488 bits per heavy atom. The fourth-order valence-corrected chi connectivity index (χ4v) is 5.13. The second kappa shape index (κ2) is 27.2. The van der Waals surface area contributed by atoms with E-state index in [9.17, 15) is 0 Å². The van der Waals surface area contributed by atoms with Crippen molar-refractivity contribution >= 4 is 128 Å². The highest BCUT2D eigenvalue weighted by molar-refractivity contribution is 6.63. The molecule has 2 aliphatic carbocycles. The van der Waals surface area contributed by atoms with Crippen molar-refractivity contribution in [3.05, 3.63) is 103 Å². The first-order valence-corrected chi connectivity index (χ1v) is 17.4. The molecule has 0 aromatic heterocycles. The summed E-state index contributed by atoms with van der Waals surface area (Å²) in [4.78, 5) is 0. The Morgan fingerprint density at radius 3 is 1.02 bits per heavy atom. The maximum absolute atomic E-state index is 5.61. The van der Waals surface area contributed by atoms with Crippen LogP contribution in [0.3, 0.4) is 0 Å². The van der Waals surface area contributed by atoms with Crippen LogP contribution in [0.25, 0.3) is 0 Å². The monoisotopic (exact) mass is 778 g/mol. The molecular weight excluding hydrogens is 750 g/mol. The molecule has 5 rings (SSSR count). The maximum Gasteiger partial charge on any atom is 0.180 e. The summed E-state index contributed by atoms with van der Waals surface area (Å²) in [6.45, 7) is 0. The molecule has 0 radical (unpaired) electrons. The summed E-state index contributed by atoms with van der Waals surface area (Å²) in [5.74, 6) is 2.31.